The van der Waals surface area contributed by atoms with Gasteiger partial charge in [-0.1, -0.05) is 36.4 Å². The van der Waals surface area contributed by atoms with E-state index in [1.807, 2.05) is 6.92 Å². The van der Waals surface area contributed by atoms with Gasteiger partial charge >= 0.3 is 5.97 Å². The van der Waals surface area contributed by atoms with E-state index in [1.54, 1.807) is 42.6 Å². The van der Waals surface area contributed by atoms with Gasteiger partial charge in [0.15, 0.2) is 6.04 Å². The van der Waals surface area contributed by atoms with Crippen molar-refractivity contribution >= 4 is 5.97 Å². The number of aromatic nitrogens is 1. The summed E-state index contributed by atoms with van der Waals surface area (Å²) in [5.41, 5.74) is 1.10. The third-order valence-electron chi connectivity index (χ3n) is 2.71. The fourth-order valence-electron chi connectivity index (χ4n) is 1.87. The second-order valence-electron chi connectivity index (χ2n) is 4.10. The summed E-state index contributed by atoms with van der Waals surface area (Å²) in [6.07, 6.45) is 1.56. The van der Waals surface area contributed by atoms with Crippen LogP contribution >= 0.6 is 0 Å². The number of hydrogen-bond donors (Lipinski definition) is 1. The summed E-state index contributed by atoms with van der Waals surface area (Å²) < 4.78 is 1.24. The smallest absolute Gasteiger partial charge is 0.331 e. The largest absolute Gasteiger partial charge is 0.479 e. The molecule has 1 aromatic heterocycles. The fourth-order valence-corrected chi connectivity index (χ4v) is 1.87. The van der Waals surface area contributed by atoms with Gasteiger partial charge in [0.05, 0.1) is 0 Å². The van der Waals surface area contributed by atoms with E-state index in [0.29, 0.717) is 5.56 Å². The first kappa shape index (κ1) is 12.1. The van der Waals surface area contributed by atoms with Gasteiger partial charge in [-0.2, -0.15) is 0 Å². The van der Waals surface area contributed by atoms with Crippen molar-refractivity contribution in [1.82, 2.24) is 4.57 Å². The minimum absolute atomic E-state index is 0.322. The Morgan fingerprint density at radius 2 is 1.83 bits per heavy atom. The number of rotatable bonds is 3. The molecule has 2 rings (SSSR count). The molecule has 92 valence electrons. The topological polar surface area (TPSA) is 59.3 Å². The molecular weight excluding hydrogens is 230 g/mol. The van der Waals surface area contributed by atoms with Crippen LogP contribution in [0.15, 0.2) is 53.5 Å². The maximum Gasteiger partial charge on any atom is 0.331 e. The molecule has 18 heavy (non-hydrogen) atoms. The van der Waals surface area contributed by atoms with Crippen molar-refractivity contribution in [2.75, 3.05) is 0 Å². The molecule has 0 saturated carbocycles. The lowest BCUT2D eigenvalue weighted by Gasteiger charge is -2.16. The van der Waals surface area contributed by atoms with Crippen LogP contribution < -0.4 is 5.56 Å². The van der Waals surface area contributed by atoms with Crippen LogP contribution in [0, 0.1) is 6.92 Å². The Morgan fingerprint density at radius 3 is 2.44 bits per heavy atom. The van der Waals surface area contributed by atoms with Crippen molar-refractivity contribution < 1.29 is 9.90 Å². The Morgan fingerprint density at radius 1 is 1.17 bits per heavy atom. The number of hydrogen-bond acceptors (Lipinski definition) is 2. The number of nitrogens with zero attached hydrogens (tertiary/aromatic N) is 1. The van der Waals surface area contributed by atoms with Crippen molar-refractivity contribution in [2.45, 2.75) is 13.0 Å². The first-order chi connectivity index (χ1) is 8.59. The van der Waals surface area contributed by atoms with E-state index in [1.165, 1.54) is 10.6 Å². The first-order valence-electron chi connectivity index (χ1n) is 5.56. The van der Waals surface area contributed by atoms with Crippen LogP contribution in [0.3, 0.4) is 0 Å². The van der Waals surface area contributed by atoms with Gasteiger partial charge in [-0.25, -0.2) is 4.79 Å². The molecule has 0 spiro atoms. The Labute approximate surface area is 104 Å². The summed E-state index contributed by atoms with van der Waals surface area (Å²) in [4.78, 5) is 23.2. The highest BCUT2D eigenvalue weighted by molar-refractivity contribution is 5.76. The third-order valence-corrected chi connectivity index (χ3v) is 2.71. The molecule has 1 atom stereocenters. The molecule has 4 heteroatoms. The zero-order valence-corrected chi connectivity index (χ0v) is 9.91. The fraction of sp³-hybridized carbons (Fsp3) is 0.143. The molecule has 0 radical (unpaired) electrons. The van der Waals surface area contributed by atoms with E-state index in [-0.39, 0.29) is 5.56 Å². The second-order valence-corrected chi connectivity index (χ2v) is 4.10. The molecule has 1 heterocycles. The number of aryl methyl sites for hydroxylation is 1. The van der Waals surface area contributed by atoms with E-state index < -0.39 is 12.0 Å². The SMILES string of the molecule is Cc1ccc(=O)n(C(C(=O)O)c2ccccc2)c1. The van der Waals surface area contributed by atoms with Gasteiger partial charge < -0.3 is 5.11 Å². The quantitative estimate of drug-likeness (QED) is 0.894. The molecule has 0 saturated heterocycles. The van der Waals surface area contributed by atoms with Crippen molar-refractivity contribution in [3.05, 3.63) is 70.1 Å². The lowest BCUT2D eigenvalue weighted by molar-refractivity contribution is -0.139. The van der Waals surface area contributed by atoms with Crippen LogP contribution in [0.5, 0.6) is 0 Å². The van der Waals surface area contributed by atoms with Crippen LogP contribution in [0.25, 0.3) is 0 Å². The highest BCUT2D eigenvalue weighted by atomic mass is 16.4. The number of aliphatic carboxylic acids is 1. The van der Waals surface area contributed by atoms with Crippen LogP contribution in [-0.2, 0) is 4.79 Å². The Balaban J connectivity index is 2.59. The molecule has 1 unspecified atom stereocenters. The Kier molecular flexibility index (Phi) is 3.28. The number of carbonyl (C=O) groups is 1. The lowest BCUT2D eigenvalue weighted by atomic mass is 10.1. The molecule has 1 N–H and O–H groups in total. The minimum Gasteiger partial charge on any atom is -0.479 e. The van der Waals surface area contributed by atoms with E-state index in [4.69, 9.17) is 0 Å². The number of carboxylic acid groups (broad SMARTS) is 1. The molecular formula is C14H13NO3. The summed E-state index contributed by atoms with van der Waals surface area (Å²) >= 11 is 0. The summed E-state index contributed by atoms with van der Waals surface area (Å²) in [5, 5.41) is 9.34. The molecule has 0 amide bonds. The van der Waals surface area contributed by atoms with Crippen molar-refractivity contribution in [3.63, 3.8) is 0 Å². The van der Waals surface area contributed by atoms with Crippen molar-refractivity contribution in [1.29, 1.82) is 0 Å². The predicted molar refractivity (Wildman–Crippen MR) is 67.7 cm³/mol. The average molecular weight is 243 g/mol. The molecule has 2 aromatic rings. The Hall–Kier alpha value is -2.36. The normalized spacial score (nSPS) is 12.1. The second kappa shape index (κ2) is 4.87. The summed E-state index contributed by atoms with van der Waals surface area (Å²) in [6.45, 7) is 1.82. The van der Waals surface area contributed by atoms with Crippen LogP contribution in [-0.4, -0.2) is 15.6 Å². The zero-order valence-electron chi connectivity index (χ0n) is 9.91. The highest BCUT2D eigenvalue weighted by Gasteiger charge is 2.22. The Bertz CT molecular complexity index is 616. The molecule has 0 aliphatic carbocycles. The minimum atomic E-state index is -1.05. The van der Waals surface area contributed by atoms with E-state index >= 15 is 0 Å². The highest BCUT2D eigenvalue weighted by Crippen LogP contribution is 2.17. The molecule has 0 aliphatic rings. The standard InChI is InChI=1S/C14H13NO3/c1-10-7-8-12(16)15(9-10)13(14(17)18)11-5-3-2-4-6-11/h2-9,13H,1H3,(H,17,18). The van der Waals surface area contributed by atoms with E-state index in [2.05, 4.69) is 0 Å². The number of benzene rings is 1. The first-order valence-corrected chi connectivity index (χ1v) is 5.56. The van der Waals surface area contributed by atoms with E-state index in [9.17, 15) is 14.7 Å². The number of carboxylic acids is 1. The average Bonchev–Trinajstić information content (AvgIpc) is 2.35. The van der Waals surface area contributed by atoms with Gasteiger partial charge in [-0.05, 0) is 18.1 Å². The van der Waals surface area contributed by atoms with Crippen molar-refractivity contribution in [2.24, 2.45) is 0 Å². The summed E-state index contributed by atoms with van der Waals surface area (Å²) in [5.74, 6) is -1.05. The molecule has 4 nitrogen and oxygen atoms in total. The van der Waals surface area contributed by atoms with Gasteiger partial charge in [-0.15, -0.1) is 0 Å². The molecule has 0 fully saturated rings. The van der Waals surface area contributed by atoms with Gasteiger partial charge in [0.1, 0.15) is 0 Å². The van der Waals surface area contributed by atoms with Crippen LogP contribution in [0.2, 0.25) is 0 Å². The zero-order chi connectivity index (χ0) is 13.1. The van der Waals surface area contributed by atoms with Gasteiger partial charge in [0.2, 0.25) is 0 Å². The third kappa shape index (κ3) is 2.32. The lowest BCUT2D eigenvalue weighted by Crippen LogP contribution is -2.29. The number of pyridine rings is 1. The van der Waals surface area contributed by atoms with Crippen molar-refractivity contribution in [3.8, 4) is 0 Å². The monoisotopic (exact) mass is 243 g/mol. The molecule has 1 aromatic carbocycles. The van der Waals surface area contributed by atoms with Crippen LogP contribution in [0.4, 0.5) is 0 Å². The van der Waals surface area contributed by atoms with Gasteiger partial charge in [0.25, 0.3) is 5.56 Å². The predicted octanol–water partition coefficient (Wildman–Crippen LogP) is 1.83. The maximum atomic E-state index is 11.8. The van der Waals surface area contributed by atoms with Gasteiger partial charge in [0, 0.05) is 12.3 Å². The maximum absolute atomic E-state index is 11.8. The van der Waals surface area contributed by atoms with E-state index in [0.717, 1.165) is 5.56 Å². The molecule has 0 aliphatic heterocycles. The molecule has 0 bridgehead atoms. The van der Waals surface area contributed by atoms with Gasteiger partial charge in [-0.3, -0.25) is 9.36 Å². The summed E-state index contributed by atoms with van der Waals surface area (Å²) in [6, 6.07) is 10.8. The summed E-state index contributed by atoms with van der Waals surface area (Å²) in [7, 11) is 0. The van der Waals surface area contributed by atoms with Crippen LogP contribution in [0.1, 0.15) is 17.2 Å².